The quantitative estimate of drug-likeness (QED) is 0.148. The molecule has 0 aliphatic carbocycles. The molecule has 4 heterocycles. The number of fused-ring (bicyclic) bond motifs is 10. The van der Waals surface area contributed by atoms with Gasteiger partial charge in [-0.05, 0) is 118 Å². The summed E-state index contributed by atoms with van der Waals surface area (Å²) in [7, 11) is 0. The lowest BCUT2D eigenvalue weighted by atomic mass is 9.34. The van der Waals surface area contributed by atoms with E-state index >= 15 is 0 Å². The van der Waals surface area contributed by atoms with Crippen molar-refractivity contribution in [3.05, 3.63) is 205 Å². The van der Waals surface area contributed by atoms with Gasteiger partial charge in [0, 0.05) is 59.8 Å². The summed E-state index contributed by atoms with van der Waals surface area (Å²) in [5.41, 5.74) is 20.2. The third-order valence-electron chi connectivity index (χ3n) is 14.5. The van der Waals surface area contributed by atoms with Gasteiger partial charge in [-0.1, -0.05) is 179 Å². The van der Waals surface area contributed by atoms with E-state index in [1.165, 1.54) is 120 Å². The molecule has 0 N–H and O–H groups in total. The average molecular weight is 880 g/mol. The highest BCUT2D eigenvalue weighted by atomic mass is 32.2. The fourth-order valence-electron chi connectivity index (χ4n) is 11.3. The van der Waals surface area contributed by atoms with Gasteiger partial charge in [-0.3, -0.25) is 0 Å². The molecule has 3 nitrogen and oxygen atoms in total. The van der Waals surface area contributed by atoms with Crippen LogP contribution in [0, 0.1) is 0 Å². The number of benzene rings is 9. The van der Waals surface area contributed by atoms with E-state index in [9.17, 15) is 0 Å². The Morgan fingerprint density at radius 3 is 1.60 bits per heavy atom. The first-order valence-corrected chi connectivity index (χ1v) is 24.8. The molecule has 0 saturated carbocycles. The van der Waals surface area contributed by atoms with Crippen molar-refractivity contribution in [1.82, 2.24) is 9.13 Å². The van der Waals surface area contributed by atoms with Gasteiger partial charge in [0.05, 0.1) is 22.1 Å². The normalized spacial score (nSPS) is 13.1. The predicted molar refractivity (Wildman–Crippen MR) is 288 cm³/mol. The molecule has 2 aliphatic heterocycles. The van der Waals surface area contributed by atoms with E-state index in [-0.39, 0.29) is 12.1 Å². The van der Waals surface area contributed by atoms with Gasteiger partial charge in [0.2, 0.25) is 6.71 Å². The highest BCUT2D eigenvalue weighted by molar-refractivity contribution is 8.00. The molecule has 2 aliphatic rings. The van der Waals surface area contributed by atoms with Crippen molar-refractivity contribution >= 4 is 95.5 Å². The Balaban J connectivity index is 1.10. The first-order valence-electron chi connectivity index (χ1n) is 23.9. The molecule has 2 aromatic heterocycles. The van der Waals surface area contributed by atoms with Crippen molar-refractivity contribution in [3.63, 3.8) is 0 Å². The van der Waals surface area contributed by atoms with Gasteiger partial charge in [0.15, 0.2) is 0 Å². The van der Waals surface area contributed by atoms with Gasteiger partial charge in [-0.2, -0.15) is 0 Å². The second-order valence-corrected chi connectivity index (χ2v) is 20.6. The lowest BCUT2D eigenvalue weighted by Gasteiger charge is -2.42. The number of rotatable bonds is 7. The Morgan fingerprint density at radius 1 is 0.463 bits per heavy atom. The number of para-hydroxylation sites is 4. The minimum Gasteiger partial charge on any atom is -0.311 e. The molecule has 5 heteroatoms. The summed E-state index contributed by atoms with van der Waals surface area (Å²) in [5.74, 6) is 0. The molecule has 0 bridgehead atoms. The van der Waals surface area contributed by atoms with Crippen LogP contribution in [0.1, 0.15) is 51.7 Å². The second kappa shape index (κ2) is 15.4. The topological polar surface area (TPSA) is 13.1 Å². The van der Waals surface area contributed by atoms with E-state index in [2.05, 4.69) is 236 Å². The third-order valence-corrected chi connectivity index (χ3v) is 15.7. The SMILES string of the molecule is CCCCc1ccc(-c2ccccc2)cc1N1c2cc(-n3c4ccccc4c4ccccc43)ccc2B2c3ccc(-n4c5ccccc5c5ccccc54)cc3Sc3cc(C(C)(C)C)cc1c32. The van der Waals surface area contributed by atoms with E-state index in [1.54, 1.807) is 0 Å². The van der Waals surface area contributed by atoms with Crippen molar-refractivity contribution in [2.45, 2.75) is 62.2 Å². The molecular formula is C62H50BN3S. The summed E-state index contributed by atoms with van der Waals surface area (Å²) in [4.78, 5) is 5.33. The van der Waals surface area contributed by atoms with E-state index in [0.717, 1.165) is 19.3 Å². The lowest BCUT2D eigenvalue weighted by molar-refractivity contribution is 0.589. The molecule has 0 unspecified atom stereocenters. The lowest BCUT2D eigenvalue weighted by Crippen LogP contribution is -2.60. The fourth-order valence-corrected chi connectivity index (χ4v) is 12.5. The van der Waals surface area contributed by atoms with E-state index in [4.69, 9.17) is 0 Å². The van der Waals surface area contributed by atoms with Crippen LogP contribution in [-0.4, -0.2) is 15.8 Å². The van der Waals surface area contributed by atoms with E-state index in [0.29, 0.717) is 0 Å². The Bertz CT molecular complexity index is 3670. The molecule has 9 aromatic carbocycles. The number of anilines is 3. The largest absolute Gasteiger partial charge is 0.311 e. The van der Waals surface area contributed by atoms with Crippen LogP contribution >= 0.6 is 11.8 Å². The molecule has 0 radical (unpaired) electrons. The summed E-state index contributed by atoms with van der Waals surface area (Å²) in [6.45, 7) is 9.44. The van der Waals surface area contributed by atoms with Crippen LogP contribution < -0.4 is 21.3 Å². The van der Waals surface area contributed by atoms with Crippen LogP contribution in [0.15, 0.2) is 204 Å². The number of hydrogen-bond donors (Lipinski definition) is 0. The zero-order chi connectivity index (χ0) is 45.0. The minimum absolute atomic E-state index is 0.0392. The highest BCUT2D eigenvalue weighted by Crippen LogP contribution is 2.47. The molecule has 0 saturated heterocycles. The number of aromatic nitrogens is 2. The average Bonchev–Trinajstić information content (AvgIpc) is 3.88. The molecule has 0 amide bonds. The molecular weight excluding hydrogens is 830 g/mol. The van der Waals surface area contributed by atoms with Gasteiger partial charge in [-0.25, -0.2) is 0 Å². The Hall–Kier alpha value is -7.21. The maximum absolute atomic E-state index is 2.67. The third kappa shape index (κ3) is 6.28. The molecule has 0 spiro atoms. The Morgan fingerprint density at radius 2 is 1.01 bits per heavy atom. The zero-order valence-electron chi connectivity index (χ0n) is 38.4. The Kier molecular flexibility index (Phi) is 9.24. The molecule has 11 aromatic rings. The number of unbranched alkanes of at least 4 members (excludes halogenated alkanes) is 1. The van der Waals surface area contributed by atoms with Gasteiger partial charge < -0.3 is 14.0 Å². The van der Waals surface area contributed by atoms with Gasteiger partial charge in [-0.15, -0.1) is 0 Å². The fraction of sp³-hybridized carbons (Fsp3) is 0.129. The second-order valence-electron chi connectivity index (χ2n) is 19.5. The molecule has 0 atom stereocenters. The number of nitrogens with zero attached hydrogens (tertiary/aromatic N) is 3. The van der Waals surface area contributed by atoms with Crippen molar-refractivity contribution in [1.29, 1.82) is 0 Å². The summed E-state index contributed by atoms with van der Waals surface area (Å²) < 4.78 is 4.95. The van der Waals surface area contributed by atoms with E-state index in [1.807, 2.05) is 11.8 Å². The highest BCUT2D eigenvalue weighted by Gasteiger charge is 2.42. The van der Waals surface area contributed by atoms with Crippen LogP contribution in [0.5, 0.6) is 0 Å². The van der Waals surface area contributed by atoms with Crippen LogP contribution in [-0.2, 0) is 11.8 Å². The van der Waals surface area contributed by atoms with Crippen molar-refractivity contribution in [2.24, 2.45) is 0 Å². The van der Waals surface area contributed by atoms with Gasteiger partial charge >= 0.3 is 0 Å². The first-order chi connectivity index (χ1) is 32.8. The molecule has 67 heavy (non-hydrogen) atoms. The van der Waals surface area contributed by atoms with Crippen LogP contribution in [0.4, 0.5) is 17.1 Å². The van der Waals surface area contributed by atoms with Gasteiger partial charge in [0.25, 0.3) is 0 Å². The summed E-state index contributed by atoms with van der Waals surface area (Å²) >= 11 is 1.95. The van der Waals surface area contributed by atoms with Crippen LogP contribution in [0.3, 0.4) is 0 Å². The maximum Gasteiger partial charge on any atom is 0.249 e. The standard InChI is InChI=1S/C62H50BN3S/c1-5-6-18-41-29-30-42(40-19-8-7-9-20-40)35-56(41)66-57-38-44(64-52-25-14-10-21-46(52)47-22-11-15-26-53(47)64)31-33-50(57)63-51-34-32-45(65-54-27-16-12-23-48(54)49-24-13-17-28-55(49)65)39-59(51)67-60-37-43(62(2,3)4)36-58(66)61(60)63/h7-17,19-39H,5-6,18H2,1-4H3. The van der Waals surface area contributed by atoms with Gasteiger partial charge in [0.1, 0.15) is 0 Å². The maximum atomic E-state index is 2.67. The van der Waals surface area contributed by atoms with Crippen molar-refractivity contribution < 1.29 is 0 Å². The minimum atomic E-state index is -0.0830. The zero-order valence-corrected chi connectivity index (χ0v) is 39.2. The van der Waals surface area contributed by atoms with E-state index < -0.39 is 0 Å². The Labute approximate surface area is 397 Å². The smallest absolute Gasteiger partial charge is 0.249 e. The number of aryl methyl sites for hydroxylation is 1. The van der Waals surface area contributed by atoms with Crippen LogP contribution in [0.2, 0.25) is 0 Å². The van der Waals surface area contributed by atoms with Crippen LogP contribution in [0.25, 0.3) is 66.1 Å². The monoisotopic (exact) mass is 879 g/mol. The first kappa shape index (κ1) is 40.1. The summed E-state index contributed by atoms with van der Waals surface area (Å²) in [5, 5.41) is 5.10. The summed E-state index contributed by atoms with van der Waals surface area (Å²) in [6.07, 6.45) is 3.27. The summed E-state index contributed by atoms with van der Waals surface area (Å²) in [6, 6.07) is 73.3. The van der Waals surface area contributed by atoms with Crippen molar-refractivity contribution in [3.8, 4) is 22.5 Å². The molecule has 13 rings (SSSR count). The molecule has 0 fully saturated rings. The number of hydrogen-bond acceptors (Lipinski definition) is 2. The predicted octanol–water partition coefficient (Wildman–Crippen LogP) is 15.0. The van der Waals surface area contributed by atoms with Crippen molar-refractivity contribution in [2.75, 3.05) is 4.90 Å². The molecule has 322 valence electrons.